The van der Waals surface area contributed by atoms with Crippen molar-refractivity contribution in [2.45, 2.75) is 33.8 Å². The molecule has 0 saturated carbocycles. The molecule has 0 atom stereocenters. The lowest BCUT2D eigenvalue weighted by Gasteiger charge is -2.10. The standard InChI is InChI=1S/C16H20FN3O/c1-4-7-18-15-9-12(3)19-16(20-15)10-21-14-8-11(2)5-6-13(14)17/h5-6,8-9H,4,7,10H2,1-3H3,(H,18,19,20). The molecule has 5 heteroatoms. The van der Waals surface area contributed by atoms with Gasteiger partial charge in [0.1, 0.15) is 12.4 Å². The summed E-state index contributed by atoms with van der Waals surface area (Å²) in [6.45, 7) is 6.87. The monoisotopic (exact) mass is 289 g/mol. The van der Waals surface area contributed by atoms with Gasteiger partial charge in [0.15, 0.2) is 17.4 Å². The lowest BCUT2D eigenvalue weighted by Crippen LogP contribution is -2.08. The Morgan fingerprint density at radius 1 is 1.19 bits per heavy atom. The highest BCUT2D eigenvalue weighted by molar-refractivity contribution is 5.35. The Morgan fingerprint density at radius 3 is 2.76 bits per heavy atom. The van der Waals surface area contributed by atoms with Gasteiger partial charge in [-0.1, -0.05) is 13.0 Å². The summed E-state index contributed by atoms with van der Waals surface area (Å²) in [4.78, 5) is 8.68. The van der Waals surface area contributed by atoms with E-state index < -0.39 is 0 Å². The van der Waals surface area contributed by atoms with Crippen LogP contribution < -0.4 is 10.1 Å². The van der Waals surface area contributed by atoms with Gasteiger partial charge in [-0.15, -0.1) is 0 Å². The summed E-state index contributed by atoms with van der Waals surface area (Å²) >= 11 is 0. The largest absolute Gasteiger partial charge is 0.483 e. The van der Waals surface area contributed by atoms with Gasteiger partial charge < -0.3 is 10.1 Å². The number of hydrogen-bond acceptors (Lipinski definition) is 4. The number of halogens is 1. The average Bonchev–Trinajstić information content (AvgIpc) is 2.45. The van der Waals surface area contributed by atoms with Crippen molar-refractivity contribution in [2.75, 3.05) is 11.9 Å². The fourth-order valence-corrected chi connectivity index (χ4v) is 1.90. The molecule has 0 amide bonds. The van der Waals surface area contributed by atoms with Crippen LogP contribution in [0.25, 0.3) is 0 Å². The van der Waals surface area contributed by atoms with Gasteiger partial charge >= 0.3 is 0 Å². The fraction of sp³-hybridized carbons (Fsp3) is 0.375. The van der Waals surface area contributed by atoms with Crippen LogP contribution in [0, 0.1) is 19.7 Å². The number of nitrogens with one attached hydrogen (secondary N) is 1. The number of ether oxygens (including phenoxy) is 1. The number of benzene rings is 1. The van der Waals surface area contributed by atoms with E-state index in [0.717, 1.165) is 30.0 Å². The van der Waals surface area contributed by atoms with E-state index in [9.17, 15) is 4.39 Å². The number of aromatic nitrogens is 2. The molecule has 0 spiro atoms. The zero-order valence-electron chi connectivity index (χ0n) is 12.6. The SMILES string of the molecule is CCCNc1cc(C)nc(COc2cc(C)ccc2F)n1. The normalized spacial score (nSPS) is 10.5. The van der Waals surface area contributed by atoms with E-state index in [2.05, 4.69) is 22.2 Å². The Kier molecular flexibility index (Phi) is 5.09. The fourth-order valence-electron chi connectivity index (χ4n) is 1.90. The van der Waals surface area contributed by atoms with E-state index in [1.54, 1.807) is 12.1 Å². The molecule has 21 heavy (non-hydrogen) atoms. The highest BCUT2D eigenvalue weighted by Gasteiger charge is 2.07. The molecule has 0 aliphatic carbocycles. The minimum Gasteiger partial charge on any atom is -0.483 e. The minimum atomic E-state index is -0.377. The summed E-state index contributed by atoms with van der Waals surface area (Å²) in [5, 5.41) is 3.21. The third-order valence-corrected chi connectivity index (χ3v) is 2.90. The Morgan fingerprint density at radius 2 is 2.00 bits per heavy atom. The third kappa shape index (κ3) is 4.41. The molecule has 1 N–H and O–H groups in total. The van der Waals surface area contributed by atoms with Crippen molar-refractivity contribution in [1.29, 1.82) is 0 Å². The molecule has 1 heterocycles. The number of aryl methyl sites for hydroxylation is 2. The molecule has 2 aromatic rings. The van der Waals surface area contributed by atoms with Crippen LogP contribution in [0.2, 0.25) is 0 Å². The predicted octanol–water partition coefficient (Wildman–Crippen LogP) is 3.63. The second-order valence-electron chi connectivity index (χ2n) is 4.96. The molecular weight excluding hydrogens is 269 g/mol. The number of anilines is 1. The Balaban J connectivity index is 2.08. The lowest BCUT2D eigenvalue weighted by molar-refractivity contribution is 0.280. The summed E-state index contributed by atoms with van der Waals surface area (Å²) in [5.41, 5.74) is 1.80. The maximum absolute atomic E-state index is 13.6. The lowest BCUT2D eigenvalue weighted by atomic mass is 10.2. The number of hydrogen-bond donors (Lipinski definition) is 1. The van der Waals surface area contributed by atoms with Crippen LogP contribution in [0.5, 0.6) is 5.75 Å². The maximum atomic E-state index is 13.6. The second-order valence-corrected chi connectivity index (χ2v) is 4.96. The van der Waals surface area contributed by atoms with Gasteiger partial charge in [0.05, 0.1) is 0 Å². The molecule has 0 aliphatic heterocycles. The van der Waals surface area contributed by atoms with Crippen molar-refractivity contribution in [3.05, 3.63) is 47.2 Å². The van der Waals surface area contributed by atoms with Crippen molar-refractivity contribution in [3.8, 4) is 5.75 Å². The molecule has 0 bridgehead atoms. The quantitative estimate of drug-likeness (QED) is 0.882. The van der Waals surface area contributed by atoms with Gasteiger partial charge in [0, 0.05) is 18.3 Å². The Hall–Kier alpha value is -2.17. The topological polar surface area (TPSA) is 47.0 Å². The van der Waals surface area contributed by atoms with E-state index in [1.165, 1.54) is 6.07 Å². The van der Waals surface area contributed by atoms with Crippen molar-refractivity contribution in [2.24, 2.45) is 0 Å². The first-order valence-corrected chi connectivity index (χ1v) is 7.06. The molecule has 1 aromatic heterocycles. The van der Waals surface area contributed by atoms with Crippen LogP contribution >= 0.6 is 0 Å². The van der Waals surface area contributed by atoms with E-state index in [4.69, 9.17) is 4.74 Å². The molecular formula is C16H20FN3O. The van der Waals surface area contributed by atoms with Crippen LogP contribution in [0.3, 0.4) is 0 Å². The highest BCUT2D eigenvalue weighted by atomic mass is 19.1. The van der Waals surface area contributed by atoms with Gasteiger partial charge in [-0.2, -0.15) is 0 Å². The van der Waals surface area contributed by atoms with Crippen molar-refractivity contribution >= 4 is 5.82 Å². The number of nitrogens with zero attached hydrogens (tertiary/aromatic N) is 2. The molecule has 112 valence electrons. The van der Waals surface area contributed by atoms with Crippen LogP contribution in [-0.4, -0.2) is 16.5 Å². The average molecular weight is 289 g/mol. The van der Waals surface area contributed by atoms with Gasteiger partial charge in [-0.3, -0.25) is 0 Å². The van der Waals surface area contributed by atoms with E-state index in [1.807, 2.05) is 19.9 Å². The van der Waals surface area contributed by atoms with Gasteiger partial charge in [-0.25, -0.2) is 14.4 Å². The van der Waals surface area contributed by atoms with E-state index in [0.29, 0.717) is 5.82 Å². The van der Waals surface area contributed by atoms with Crippen LogP contribution in [0.15, 0.2) is 24.3 Å². The molecule has 0 aliphatic rings. The van der Waals surface area contributed by atoms with Crippen molar-refractivity contribution < 1.29 is 9.13 Å². The zero-order chi connectivity index (χ0) is 15.2. The van der Waals surface area contributed by atoms with Gasteiger partial charge in [0.2, 0.25) is 0 Å². The van der Waals surface area contributed by atoms with E-state index >= 15 is 0 Å². The molecule has 0 saturated heterocycles. The predicted molar refractivity (Wildman–Crippen MR) is 81.0 cm³/mol. The molecule has 0 unspecified atom stereocenters. The minimum absolute atomic E-state index is 0.142. The van der Waals surface area contributed by atoms with E-state index in [-0.39, 0.29) is 18.2 Å². The smallest absolute Gasteiger partial charge is 0.168 e. The summed E-state index contributed by atoms with van der Waals surface area (Å²) in [7, 11) is 0. The molecule has 1 aromatic carbocycles. The first-order valence-electron chi connectivity index (χ1n) is 7.06. The summed E-state index contributed by atoms with van der Waals surface area (Å²) in [6, 6.07) is 6.65. The van der Waals surface area contributed by atoms with Crippen LogP contribution in [0.4, 0.5) is 10.2 Å². The highest BCUT2D eigenvalue weighted by Crippen LogP contribution is 2.19. The third-order valence-electron chi connectivity index (χ3n) is 2.90. The summed E-state index contributed by atoms with van der Waals surface area (Å²) in [6.07, 6.45) is 1.02. The first-order chi connectivity index (χ1) is 10.1. The molecule has 0 radical (unpaired) electrons. The Labute approximate surface area is 124 Å². The van der Waals surface area contributed by atoms with Gasteiger partial charge in [0.25, 0.3) is 0 Å². The zero-order valence-corrected chi connectivity index (χ0v) is 12.6. The number of rotatable bonds is 6. The summed E-state index contributed by atoms with van der Waals surface area (Å²) < 4.78 is 19.1. The summed E-state index contributed by atoms with van der Waals surface area (Å²) in [5.74, 6) is 1.16. The van der Waals surface area contributed by atoms with Crippen LogP contribution in [0.1, 0.15) is 30.4 Å². The van der Waals surface area contributed by atoms with Crippen LogP contribution in [-0.2, 0) is 6.61 Å². The molecule has 4 nitrogen and oxygen atoms in total. The maximum Gasteiger partial charge on any atom is 0.168 e. The van der Waals surface area contributed by atoms with Crippen molar-refractivity contribution in [1.82, 2.24) is 9.97 Å². The first kappa shape index (κ1) is 15.2. The van der Waals surface area contributed by atoms with Crippen molar-refractivity contribution in [3.63, 3.8) is 0 Å². The molecule has 2 rings (SSSR count). The second kappa shape index (κ2) is 7.02. The Bertz CT molecular complexity index is 616. The molecule has 0 fully saturated rings. The van der Waals surface area contributed by atoms with Gasteiger partial charge in [-0.05, 0) is 38.0 Å².